The molecule has 0 unspecified atom stereocenters. The molecule has 17 heavy (non-hydrogen) atoms. The first-order valence-electron chi connectivity index (χ1n) is 6.12. The molecule has 0 saturated heterocycles. The standard InChI is InChI=1S/C14H26N2O/c1-10(2)16-11(17)13(5,6)14(7,8)12(3,4)9-15/h10H,1-8H3,(H,16,17). The molecule has 0 aliphatic carbocycles. The highest BCUT2D eigenvalue weighted by atomic mass is 16.2. The average Bonchev–Trinajstić information content (AvgIpc) is 2.15. The van der Waals surface area contributed by atoms with E-state index in [2.05, 4.69) is 11.4 Å². The van der Waals surface area contributed by atoms with Crippen LogP contribution >= 0.6 is 0 Å². The van der Waals surface area contributed by atoms with Crippen molar-refractivity contribution in [1.82, 2.24) is 5.32 Å². The van der Waals surface area contributed by atoms with Gasteiger partial charge in [-0.3, -0.25) is 4.79 Å². The van der Waals surface area contributed by atoms with Gasteiger partial charge in [0.15, 0.2) is 0 Å². The first-order chi connectivity index (χ1) is 7.40. The zero-order valence-electron chi connectivity index (χ0n) is 12.4. The van der Waals surface area contributed by atoms with E-state index < -0.39 is 16.2 Å². The molecule has 0 aromatic rings. The lowest BCUT2D eigenvalue weighted by Crippen LogP contribution is -2.53. The molecule has 1 amide bonds. The normalized spacial score (nSPS) is 13.4. The zero-order chi connectivity index (χ0) is 14.1. The van der Waals surface area contributed by atoms with Gasteiger partial charge in [0.05, 0.1) is 16.9 Å². The van der Waals surface area contributed by atoms with E-state index in [0.29, 0.717) is 0 Å². The Morgan fingerprint density at radius 3 is 1.82 bits per heavy atom. The van der Waals surface area contributed by atoms with E-state index in [-0.39, 0.29) is 11.9 Å². The Balaban J connectivity index is 5.32. The number of carbonyl (C=O) groups is 1. The van der Waals surface area contributed by atoms with Gasteiger partial charge in [-0.25, -0.2) is 0 Å². The van der Waals surface area contributed by atoms with Crippen LogP contribution in [0.1, 0.15) is 55.4 Å². The summed E-state index contributed by atoms with van der Waals surface area (Å²) in [6, 6.07) is 2.43. The molecule has 98 valence electrons. The fourth-order valence-electron chi connectivity index (χ4n) is 1.65. The van der Waals surface area contributed by atoms with E-state index >= 15 is 0 Å². The van der Waals surface area contributed by atoms with Gasteiger partial charge in [0.1, 0.15) is 0 Å². The van der Waals surface area contributed by atoms with Crippen LogP contribution in [0.2, 0.25) is 0 Å². The van der Waals surface area contributed by atoms with Gasteiger partial charge in [-0.05, 0) is 33.1 Å². The van der Waals surface area contributed by atoms with E-state index in [0.717, 1.165) is 0 Å². The summed E-state index contributed by atoms with van der Waals surface area (Å²) in [5, 5.41) is 12.2. The molecule has 0 spiro atoms. The number of hydrogen-bond acceptors (Lipinski definition) is 2. The minimum absolute atomic E-state index is 0.000764. The Kier molecular flexibility index (Phi) is 4.39. The number of hydrogen-bond donors (Lipinski definition) is 1. The second kappa shape index (κ2) is 4.68. The van der Waals surface area contributed by atoms with Crippen molar-refractivity contribution in [2.75, 3.05) is 0 Å². The summed E-state index contributed by atoms with van der Waals surface area (Å²) in [7, 11) is 0. The van der Waals surface area contributed by atoms with Crippen LogP contribution in [0, 0.1) is 27.6 Å². The molecule has 0 atom stereocenters. The van der Waals surface area contributed by atoms with E-state index in [1.807, 2.05) is 55.4 Å². The van der Waals surface area contributed by atoms with Gasteiger partial charge < -0.3 is 5.32 Å². The lowest BCUT2D eigenvalue weighted by molar-refractivity contribution is -0.140. The third-order valence-corrected chi connectivity index (χ3v) is 4.39. The maximum atomic E-state index is 12.3. The van der Waals surface area contributed by atoms with Gasteiger partial charge in [0.25, 0.3) is 0 Å². The number of nitrogens with zero attached hydrogens (tertiary/aromatic N) is 1. The number of nitrogens with one attached hydrogen (secondary N) is 1. The number of rotatable bonds is 4. The number of amides is 1. The molecule has 3 nitrogen and oxygen atoms in total. The minimum Gasteiger partial charge on any atom is -0.353 e. The summed E-state index contributed by atoms with van der Waals surface area (Å²) in [5.74, 6) is 0.000764. The number of nitriles is 1. The average molecular weight is 238 g/mol. The fraction of sp³-hybridized carbons (Fsp3) is 0.857. The van der Waals surface area contributed by atoms with E-state index in [9.17, 15) is 10.1 Å². The van der Waals surface area contributed by atoms with Crippen molar-refractivity contribution in [3.8, 4) is 6.07 Å². The summed E-state index contributed by atoms with van der Waals surface area (Å²) in [4.78, 5) is 12.3. The van der Waals surface area contributed by atoms with E-state index in [1.54, 1.807) is 0 Å². The Morgan fingerprint density at radius 1 is 1.12 bits per heavy atom. The molecule has 0 bridgehead atoms. The second-order valence-electron chi connectivity index (χ2n) is 6.61. The predicted molar refractivity (Wildman–Crippen MR) is 70.2 cm³/mol. The summed E-state index contributed by atoms with van der Waals surface area (Å²) < 4.78 is 0. The monoisotopic (exact) mass is 238 g/mol. The smallest absolute Gasteiger partial charge is 0.226 e. The first-order valence-corrected chi connectivity index (χ1v) is 6.12. The Morgan fingerprint density at radius 2 is 1.53 bits per heavy atom. The maximum absolute atomic E-state index is 12.3. The molecule has 0 rings (SSSR count). The molecule has 0 aromatic heterocycles. The lowest BCUT2D eigenvalue weighted by atomic mass is 9.55. The SMILES string of the molecule is CC(C)NC(=O)C(C)(C)C(C)(C)C(C)(C)C#N. The maximum Gasteiger partial charge on any atom is 0.226 e. The van der Waals surface area contributed by atoms with Crippen LogP contribution in [0.3, 0.4) is 0 Å². The lowest BCUT2D eigenvalue weighted by Gasteiger charge is -2.47. The van der Waals surface area contributed by atoms with Gasteiger partial charge in [-0.15, -0.1) is 0 Å². The Labute approximate surface area is 106 Å². The van der Waals surface area contributed by atoms with Gasteiger partial charge in [0, 0.05) is 6.04 Å². The van der Waals surface area contributed by atoms with Crippen LogP contribution in [0.4, 0.5) is 0 Å². The van der Waals surface area contributed by atoms with E-state index in [1.165, 1.54) is 0 Å². The molecule has 3 heteroatoms. The molecule has 0 aliphatic rings. The minimum atomic E-state index is -0.601. The van der Waals surface area contributed by atoms with Crippen LogP contribution in [0.5, 0.6) is 0 Å². The molecular formula is C14H26N2O. The molecule has 0 heterocycles. The highest BCUT2D eigenvalue weighted by molar-refractivity contribution is 5.83. The number of carbonyl (C=O) groups excluding carboxylic acids is 1. The highest BCUT2D eigenvalue weighted by Crippen LogP contribution is 2.51. The largest absolute Gasteiger partial charge is 0.353 e. The van der Waals surface area contributed by atoms with Gasteiger partial charge in [-0.2, -0.15) is 5.26 Å². The molecular weight excluding hydrogens is 212 g/mol. The van der Waals surface area contributed by atoms with Crippen LogP contribution in [0.15, 0.2) is 0 Å². The Bertz CT molecular complexity index is 333. The van der Waals surface area contributed by atoms with Gasteiger partial charge in [-0.1, -0.05) is 27.7 Å². The summed E-state index contributed by atoms with van der Waals surface area (Å²) >= 11 is 0. The van der Waals surface area contributed by atoms with Gasteiger partial charge >= 0.3 is 0 Å². The van der Waals surface area contributed by atoms with Gasteiger partial charge in [0.2, 0.25) is 5.91 Å². The van der Waals surface area contributed by atoms with Crippen LogP contribution < -0.4 is 5.32 Å². The summed E-state index contributed by atoms with van der Waals surface area (Å²) in [6.45, 7) is 15.4. The van der Waals surface area contributed by atoms with Crippen molar-refractivity contribution in [2.24, 2.45) is 16.2 Å². The fourth-order valence-corrected chi connectivity index (χ4v) is 1.65. The van der Waals surface area contributed by atoms with Crippen molar-refractivity contribution >= 4 is 5.91 Å². The van der Waals surface area contributed by atoms with Crippen molar-refractivity contribution in [2.45, 2.75) is 61.4 Å². The Hall–Kier alpha value is -1.04. The van der Waals surface area contributed by atoms with Crippen LogP contribution in [-0.4, -0.2) is 11.9 Å². The van der Waals surface area contributed by atoms with E-state index in [4.69, 9.17) is 0 Å². The molecule has 0 radical (unpaired) electrons. The molecule has 0 fully saturated rings. The third-order valence-electron chi connectivity index (χ3n) is 4.39. The molecule has 0 aliphatic heterocycles. The van der Waals surface area contributed by atoms with Crippen LogP contribution in [-0.2, 0) is 4.79 Å². The van der Waals surface area contributed by atoms with Crippen molar-refractivity contribution in [3.63, 3.8) is 0 Å². The van der Waals surface area contributed by atoms with Crippen molar-refractivity contribution < 1.29 is 4.79 Å². The second-order valence-corrected chi connectivity index (χ2v) is 6.61. The third kappa shape index (κ3) is 2.80. The topological polar surface area (TPSA) is 52.9 Å². The molecule has 0 saturated carbocycles. The zero-order valence-corrected chi connectivity index (χ0v) is 12.4. The van der Waals surface area contributed by atoms with Crippen LogP contribution in [0.25, 0.3) is 0 Å². The predicted octanol–water partition coefficient (Wildman–Crippen LogP) is 3.11. The summed E-state index contributed by atoms with van der Waals surface area (Å²) in [5.41, 5.74) is -1.59. The van der Waals surface area contributed by atoms with Crippen molar-refractivity contribution in [1.29, 1.82) is 5.26 Å². The van der Waals surface area contributed by atoms with Crippen molar-refractivity contribution in [3.05, 3.63) is 0 Å². The molecule has 0 aromatic carbocycles. The first kappa shape index (κ1) is 16.0. The molecule has 1 N–H and O–H groups in total. The quantitative estimate of drug-likeness (QED) is 0.818. The highest BCUT2D eigenvalue weighted by Gasteiger charge is 2.52. The summed E-state index contributed by atoms with van der Waals surface area (Å²) in [6.07, 6.45) is 0.